The molecule has 2 heterocycles. The minimum Gasteiger partial charge on any atom is -0.463 e. The van der Waals surface area contributed by atoms with Gasteiger partial charge >= 0.3 is 0 Å². The van der Waals surface area contributed by atoms with Gasteiger partial charge in [0.1, 0.15) is 5.69 Å². The highest BCUT2D eigenvalue weighted by atomic mass is 16.3. The molecule has 0 bridgehead atoms. The van der Waals surface area contributed by atoms with Crippen LogP contribution < -0.4 is 5.32 Å². The topological polar surface area (TPSA) is 60.1 Å². The van der Waals surface area contributed by atoms with Crippen molar-refractivity contribution in [3.63, 3.8) is 0 Å². The van der Waals surface area contributed by atoms with Crippen LogP contribution in [0, 0.1) is 5.92 Å². The van der Waals surface area contributed by atoms with Gasteiger partial charge in [0, 0.05) is 19.2 Å². The number of aromatic nitrogens is 2. The summed E-state index contributed by atoms with van der Waals surface area (Å²) in [6.07, 6.45) is 4.07. The summed E-state index contributed by atoms with van der Waals surface area (Å²) in [6, 6.07) is 5.48. The average Bonchev–Trinajstić information content (AvgIpc) is 2.94. The second-order valence-corrected chi connectivity index (χ2v) is 4.86. The van der Waals surface area contributed by atoms with Gasteiger partial charge in [0.2, 0.25) is 0 Å². The Hall–Kier alpha value is -2.04. The van der Waals surface area contributed by atoms with Crippen molar-refractivity contribution in [2.45, 2.75) is 26.3 Å². The third kappa shape index (κ3) is 2.54. The van der Waals surface area contributed by atoms with Gasteiger partial charge < -0.3 is 9.73 Å². The first-order valence-corrected chi connectivity index (χ1v) is 6.68. The number of aryl methyl sites for hydroxylation is 1. The summed E-state index contributed by atoms with van der Waals surface area (Å²) in [4.78, 5) is 12.0. The van der Waals surface area contributed by atoms with Crippen LogP contribution in [0.5, 0.6) is 0 Å². The number of hydrogen-bond donors (Lipinski definition) is 1. The van der Waals surface area contributed by atoms with E-state index in [1.165, 1.54) is 12.8 Å². The molecule has 1 aliphatic carbocycles. The molecule has 0 aromatic carbocycles. The van der Waals surface area contributed by atoms with E-state index in [4.69, 9.17) is 4.42 Å². The predicted octanol–water partition coefficient (Wildman–Crippen LogP) is 2.30. The van der Waals surface area contributed by atoms with Crippen LogP contribution in [-0.2, 0) is 6.54 Å². The lowest BCUT2D eigenvalue weighted by Crippen LogP contribution is -2.26. The van der Waals surface area contributed by atoms with E-state index in [0.29, 0.717) is 18.2 Å². The van der Waals surface area contributed by atoms with Crippen molar-refractivity contribution >= 4 is 5.91 Å². The van der Waals surface area contributed by atoms with E-state index in [-0.39, 0.29) is 5.91 Å². The molecule has 0 unspecified atom stereocenters. The van der Waals surface area contributed by atoms with Gasteiger partial charge in [0.05, 0.1) is 6.26 Å². The Morgan fingerprint density at radius 2 is 2.42 bits per heavy atom. The summed E-state index contributed by atoms with van der Waals surface area (Å²) in [7, 11) is 0. The van der Waals surface area contributed by atoms with Crippen LogP contribution in [0.4, 0.5) is 0 Å². The molecular weight excluding hydrogens is 242 g/mol. The molecule has 5 nitrogen and oxygen atoms in total. The van der Waals surface area contributed by atoms with E-state index in [0.717, 1.165) is 18.0 Å². The maximum absolute atomic E-state index is 12.0. The van der Waals surface area contributed by atoms with Crippen LogP contribution in [0.2, 0.25) is 0 Å². The largest absolute Gasteiger partial charge is 0.463 e. The smallest absolute Gasteiger partial charge is 0.271 e. The minimum atomic E-state index is -0.105. The number of nitrogens with one attached hydrogen (secondary N) is 1. The average molecular weight is 259 g/mol. The van der Waals surface area contributed by atoms with Crippen LogP contribution in [0.1, 0.15) is 30.3 Å². The van der Waals surface area contributed by atoms with Gasteiger partial charge in [-0.3, -0.25) is 9.48 Å². The van der Waals surface area contributed by atoms with Gasteiger partial charge in [-0.1, -0.05) is 0 Å². The first-order chi connectivity index (χ1) is 9.28. The molecule has 2 aromatic heterocycles. The van der Waals surface area contributed by atoms with Crippen LogP contribution in [0.25, 0.3) is 11.5 Å². The lowest BCUT2D eigenvalue weighted by Gasteiger charge is -2.00. The molecule has 2 aromatic rings. The van der Waals surface area contributed by atoms with Crippen molar-refractivity contribution < 1.29 is 9.21 Å². The summed E-state index contributed by atoms with van der Waals surface area (Å²) in [5, 5.41) is 7.25. The molecule has 1 fully saturated rings. The first-order valence-electron chi connectivity index (χ1n) is 6.68. The Morgan fingerprint density at radius 1 is 1.58 bits per heavy atom. The van der Waals surface area contributed by atoms with Crippen LogP contribution in [0.3, 0.4) is 0 Å². The Bertz CT molecular complexity index is 568. The molecule has 0 spiro atoms. The second-order valence-electron chi connectivity index (χ2n) is 4.86. The highest BCUT2D eigenvalue weighted by molar-refractivity contribution is 5.93. The molecule has 0 aliphatic heterocycles. The first kappa shape index (κ1) is 12.0. The number of amides is 1. The van der Waals surface area contributed by atoms with Crippen molar-refractivity contribution in [1.29, 1.82) is 0 Å². The third-order valence-electron chi connectivity index (χ3n) is 3.33. The van der Waals surface area contributed by atoms with E-state index in [2.05, 4.69) is 10.4 Å². The molecule has 0 radical (unpaired) electrons. The number of rotatable bonds is 5. The Balaban J connectivity index is 1.80. The lowest BCUT2D eigenvalue weighted by molar-refractivity contribution is 0.0946. The molecule has 19 heavy (non-hydrogen) atoms. The summed E-state index contributed by atoms with van der Waals surface area (Å²) >= 11 is 0. The van der Waals surface area contributed by atoms with Gasteiger partial charge in [-0.05, 0) is 37.8 Å². The summed E-state index contributed by atoms with van der Waals surface area (Å²) in [6.45, 7) is 3.45. The van der Waals surface area contributed by atoms with Gasteiger partial charge in [-0.15, -0.1) is 0 Å². The quantitative estimate of drug-likeness (QED) is 0.896. The van der Waals surface area contributed by atoms with E-state index in [9.17, 15) is 4.79 Å². The summed E-state index contributed by atoms with van der Waals surface area (Å²) in [5.74, 6) is 1.30. The van der Waals surface area contributed by atoms with Gasteiger partial charge in [0.25, 0.3) is 5.91 Å². The van der Waals surface area contributed by atoms with Gasteiger partial charge in [-0.25, -0.2) is 0 Å². The van der Waals surface area contributed by atoms with Crippen LogP contribution in [-0.4, -0.2) is 22.2 Å². The van der Waals surface area contributed by atoms with E-state index >= 15 is 0 Å². The fourth-order valence-electron chi connectivity index (χ4n) is 2.04. The monoisotopic (exact) mass is 259 g/mol. The molecule has 1 aliphatic rings. The predicted molar refractivity (Wildman–Crippen MR) is 70.7 cm³/mol. The number of furan rings is 1. The molecule has 5 heteroatoms. The minimum absolute atomic E-state index is 0.105. The standard InChI is InChI=1S/C14H17N3O2/c1-2-17-12(13-4-3-7-19-13)8-11(16-17)14(18)15-9-10-5-6-10/h3-4,7-8,10H,2,5-6,9H2,1H3,(H,15,18). The molecule has 1 saturated carbocycles. The number of nitrogens with zero attached hydrogens (tertiary/aromatic N) is 2. The fraction of sp³-hybridized carbons (Fsp3) is 0.429. The number of carbonyl (C=O) groups excluding carboxylic acids is 1. The maximum atomic E-state index is 12.0. The molecule has 0 atom stereocenters. The Labute approximate surface area is 111 Å². The zero-order valence-corrected chi connectivity index (χ0v) is 10.9. The van der Waals surface area contributed by atoms with Crippen molar-refractivity contribution in [1.82, 2.24) is 15.1 Å². The molecule has 1 amide bonds. The SMILES string of the molecule is CCn1nc(C(=O)NCC2CC2)cc1-c1ccco1. The normalized spacial score (nSPS) is 14.6. The van der Waals surface area contributed by atoms with Crippen LogP contribution >= 0.6 is 0 Å². The third-order valence-corrected chi connectivity index (χ3v) is 3.33. The molecule has 3 rings (SSSR count). The Morgan fingerprint density at radius 3 is 3.05 bits per heavy atom. The van der Waals surface area contributed by atoms with Gasteiger partial charge in [0.15, 0.2) is 11.5 Å². The second kappa shape index (κ2) is 4.91. The highest BCUT2D eigenvalue weighted by Gasteiger charge is 2.23. The molecule has 0 saturated heterocycles. The number of hydrogen-bond acceptors (Lipinski definition) is 3. The lowest BCUT2D eigenvalue weighted by atomic mass is 10.3. The zero-order chi connectivity index (χ0) is 13.2. The van der Waals surface area contributed by atoms with Crippen molar-refractivity contribution in [2.24, 2.45) is 5.92 Å². The molecular formula is C14H17N3O2. The van der Waals surface area contributed by atoms with E-state index in [1.807, 2.05) is 19.1 Å². The van der Waals surface area contributed by atoms with Gasteiger partial charge in [-0.2, -0.15) is 5.10 Å². The highest BCUT2D eigenvalue weighted by Crippen LogP contribution is 2.27. The van der Waals surface area contributed by atoms with Crippen molar-refractivity contribution in [2.75, 3.05) is 6.54 Å². The Kier molecular flexibility index (Phi) is 3.11. The summed E-state index contributed by atoms with van der Waals surface area (Å²) < 4.78 is 7.15. The van der Waals surface area contributed by atoms with Crippen LogP contribution in [0.15, 0.2) is 28.9 Å². The molecule has 100 valence electrons. The fourth-order valence-corrected chi connectivity index (χ4v) is 2.04. The van der Waals surface area contributed by atoms with Crippen molar-refractivity contribution in [3.05, 3.63) is 30.2 Å². The number of carbonyl (C=O) groups is 1. The zero-order valence-electron chi connectivity index (χ0n) is 10.9. The summed E-state index contributed by atoms with van der Waals surface area (Å²) in [5.41, 5.74) is 1.29. The molecule has 1 N–H and O–H groups in total. The van der Waals surface area contributed by atoms with E-state index in [1.54, 1.807) is 17.0 Å². The van der Waals surface area contributed by atoms with E-state index < -0.39 is 0 Å². The van der Waals surface area contributed by atoms with Crippen molar-refractivity contribution in [3.8, 4) is 11.5 Å². The maximum Gasteiger partial charge on any atom is 0.271 e.